The highest BCUT2D eigenvalue weighted by Gasteiger charge is 2.13. The Hall–Kier alpha value is -2.72. The van der Waals surface area contributed by atoms with Crippen molar-refractivity contribution in [2.75, 3.05) is 6.54 Å². The van der Waals surface area contributed by atoms with E-state index < -0.39 is 0 Å². The number of aromatic nitrogens is 1. The van der Waals surface area contributed by atoms with Crippen LogP contribution in [-0.4, -0.2) is 27.2 Å². The monoisotopic (exact) mass is 333 g/mol. The van der Waals surface area contributed by atoms with Gasteiger partial charge in [-0.3, -0.25) is 14.9 Å². The van der Waals surface area contributed by atoms with Gasteiger partial charge in [0.2, 0.25) is 0 Å². The van der Waals surface area contributed by atoms with Crippen LogP contribution < -0.4 is 0 Å². The van der Waals surface area contributed by atoms with Crippen LogP contribution in [0.5, 0.6) is 5.75 Å². The average Bonchev–Trinajstić information content (AvgIpc) is 2.81. The third-order valence-corrected chi connectivity index (χ3v) is 4.08. The molecule has 128 valence electrons. The second-order valence-corrected chi connectivity index (χ2v) is 6.29. The van der Waals surface area contributed by atoms with Crippen LogP contribution in [0.2, 0.25) is 0 Å². The number of nitrogens with zero attached hydrogens (tertiary/aromatic N) is 3. The number of aromatic hydroxyl groups is 1. The molecule has 1 N–H and O–H groups in total. The zero-order chi connectivity index (χ0) is 17.5. The lowest BCUT2D eigenvalue weighted by molar-refractivity contribution is 0.286. The van der Waals surface area contributed by atoms with Crippen molar-refractivity contribution in [1.29, 1.82) is 0 Å². The largest absolute Gasteiger partial charge is 0.508 e. The summed E-state index contributed by atoms with van der Waals surface area (Å²) in [5.41, 5.74) is 4.23. The Morgan fingerprint density at radius 2 is 1.88 bits per heavy atom. The zero-order valence-corrected chi connectivity index (χ0v) is 14.5. The van der Waals surface area contributed by atoms with E-state index >= 15 is 0 Å². The van der Waals surface area contributed by atoms with Crippen molar-refractivity contribution < 1.29 is 5.11 Å². The number of hydrogen-bond donors (Lipinski definition) is 1. The van der Waals surface area contributed by atoms with Gasteiger partial charge in [-0.05, 0) is 37.6 Å². The fourth-order valence-electron chi connectivity index (χ4n) is 2.86. The lowest BCUT2D eigenvalue weighted by Gasteiger charge is -2.22. The maximum Gasteiger partial charge on any atom is 0.120 e. The number of phenolic OH excluding ortho intramolecular Hbond substituents is 1. The summed E-state index contributed by atoms with van der Waals surface area (Å²) in [5.74, 6) is 0.322. The molecule has 0 radical (unpaired) electrons. The third kappa shape index (κ3) is 5.13. The first kappa shape index (κ1) is 17.1. The summed E-state index contributed by atoms with van der Waals surface area (Å²) in [7, 11) is 0. The van der Waals surface area contributed by atoms with E-state index in [9.17, 15) is 5.11 Å². The smallest absolute Gasteiger partial charge is 0.120 e. The molecule has 4 nitrogen and oxygen atoms in total. The van der Waals surface area contributed by atoms with Gasteiger partial charge in [0.25, 0.3) is 0 Å². The van der Waals surface area contributed by atoms with Crippen LogP contribution in [0.4, 0.5) is 0 Å². The summed E-state index contributed by atoms with van der Waals surface area (Å²) in [6, 6.07) is 13.4. The standard InChI is InChI=1S/C21H23N3O/c1-17-7-6-12-23-20(13-17)16-24(15-19-9-4-5-11-22-19)14-18-8-2-3-10-21(18)25/h2-6,8-13,25H,7,14-16H2,1H3. The SMILES string of the molecule is CC1=CC(CN(Cc2ccccn2)Cc2ccccc2O)=NC=CC1. The molecule has 0 fully saturated rings. The molecule has 0 spiro atoms. The molecule has 1 aromatic carbocycles. The molecule has 1 aromatic heterocycles. The summed E-state index contributed by atoms with van der Waals surface area (Å²) in [5, 5.41) is 10.1. The molecule has 1 aliphatic heterocycles. The number of benzene rings is 1. The van der Waals surface area contributed by atoms with Gasteiger partial charge >= 0.3 is 0 Å². The average molecular weight is 333 g/mol. The highest BCUT2D eigenvalue weighted by Crippen LogP contribution is 2.19. The Morgan fingerprint density at radius 1 is 1.04 bits per heavy atom. The van der Waals surface area contributed by atoms with Crippen molar-refractivity contribution in [2.24, 2.45) is 4.99 Å². The number of rotatable bonds is 6. The molecule has 0 bridgehead atoms. The Kier molecular flexibility index (Phi) is 5.75. The maximum atomic E-state index is 10.1. The molecule has 2 aromatic rings. The van der Waals surface area contributed by atoms with E-state index in [0.29, 0.717) is 25.4 Å². The summed E-state index contributed by atoms with van der Waals surface area (Å²) in [6.07, 6.45) is 8.85. The molecule has 25 heavy (non-hydrogen) atoms. The van der Waals surface area contributed by atoms with Gasteiger partial charge in [0.1, 0.15) is 5.75 Å². The molecule has 0 aliphatic carbocycles. The van der Waals surface area contributed by atoms with Crippen LogP contribution in [-0.2, 0) is 13.1 Å². The first-order valence-electron chi connectivity index (χ1n) is 8.49. The van der Waals surface area contributed by atoms with Gasteiger partial charge in [-0.15, -0.1) is 0 Å². The molecule has 3 rings (SSSR count). The molecule has 0 atom stereocenters. The first-order chi connectivity index (χ1) is 12.2. The van der Waals surface area contributed by atoms with Crippen LogP contribution in [0.3, 0.4) is 0 Å². The topological polar surface area (TPSA) is 48.7 Å². The molecule has 1 aliphatic rings. The summed E-state index contributed by atoms with van der Waals surface area (Å²) in [4.78, 5) is 11.2. The summed E-state index contributed by atoms with van der Waals surface area (Å²) < 4.78 is 0. The molecule has 0 unspecified atom stereocenters. The van der Waals surface area contributed by atoms with E-state index in [4.69, 9.17) is 0 Å². The Morgan fingerprint density at radius 3 is 2.68 bits per heavy atom. The van der Waals surface area contributed by atoms with Gasteiger partial charge in [-0.2, -0.15) is 0 Å². The predicted molar refractivity (Wildman–Crippen MR) is 101 cm³/mol. The normalized spacial score (nSPS) is 14.2. The molecule has 0 amide bonds. The van der Waals surface area contributed by atoms with E-state index in [-0.39, 0.29) is 0 Å². The highest BCUT2D eigenvalue weighted by molar-refractivity contribution is 5.97. The van der Waals surface area contributed by atoms with Crippen molar-refractivity contribution >= 4 is 5.71 Å². The first-order valence-corrected chi connectivity index (χ1v) is 8.49. The molecule has 2 heterocycles. The fourth-order valence-corrected chi connectivity index (χ4v) is 2.86. The second kappa shape index (κ2) is 8.40. The van der Waals surface area contributed by atoms with Gasteiger partial charge in [0.05, 0.1) is 11.4 Å². The van der Waals surface area contributed by atoms with Gasteiger partial charge in [-0.1, -0.05) is 35.9 Å². The Balaban J connectivity index is 1.81. The number of pyridine rings is 1. The van der Waals surface area contributed by atoms with Gasteiger partial charge in [0.15, 0.2) is 0 Å². The minimum Gasteiger partial charge on any atom is -0.508 e. The highest BCUT2D eigenvalue weighted by atomic mass is 16.3. The summed E-state index contributed by atoms with van der Waals surface area (Å²) >= 11 is 0. The van der Waals surface area contributed by atoms with E-state index in [1.807, 2.05) is 48.8 Å². The number of aliphatic imine (C=N–C) groups is 1. The van der Waals surface area contributed by atoms with E-state index in [2.05, 4.69) is 34.0 Å². The number of allylic oxidation sites excluding steroid dienone is 2. The number of phenols is 1. The van der Waals surface area contributed by atoms with Crippen LogP contribution in [0.15, 0.2) is 77.6 Å². The Bertz CT molecular complexity index is 794. The molecule has 4 heteroatoms. The minimum atomic E-state index is 0.322. The second-order valence-electron chi connectivity index (χ2n) is 6.29. The third-order valence-electron chi connectivity index (χ3n) is 4.08. The zero-order valence-electron chi connectivity index (χ0n) is 14.5. The quantitative estimate of drug-likeness (QED) is 0.866. The molecular formula is C21H23N3O. The lowest BCUT2D eigenvalue weighted by atomic mass is 10.1. The van der Waals surface area contributed by atoms with Crippen LogP contribution in [0.1, 0.15) is 24.6 Å². The van der Waals surface area contributed by atoms with Crippen molar-refractivity contribution in [3.63, 3.8) is 0 Å². The molecular weight excluding hydrogens is 310 g/mol. The number of hydrogen-bond acceptors (Lipinski definition) is 4. The van der Waals surface area contributed by atoms with Gasteiger partial charge in [-0.25, -0.2) is 0 Å². The Labute approximate surface area is 148 Å². The van der Waals surface area contributed by atoms with Crippen molar-refractivity contribution in [3.8, 4) is 5.75 Å². The van der Waals surface area contributed by atoms with Crippen LogP contribution in [0.25, 0.3) is 0 Å². The van der Waals surface area contributed by atoms with Crippen molar-refractivity contribution in [3.05, 3.63) is 83.8 Å². The fraction of sp³-hybridized carbons (Fsp3) is 0.238. The molecule has 0 saturated carbocycles. The van der Waals surface area contributed by atoms with Crippen LogP contribution in [0, 0.1) is 0 Å². The van der Waals surface area contributed by atoms with Crippen molar-refractivity contribution in [2.45, 2.75) is 26.4 Å². The van der Waals surface area contributed by atoms with Gasteiger partial charge < -0.3 is 5.11 Å². The minimum absolute atomic E-state index is 0.322. The van der Waals surface area contributed by atoms with Crippen molar-refractivity contribution in [1.82, 2.24) is 9.88 Å². The maximum absolute atomic E-state index is 10.1. The van der Waals surface area contributed by atoms with Gasteiger partial charge in [0, 0.05) is 37.6 Å². The van der Waals surface area contributed by atoms with E-state index in [0.717, 1.165) is 23.4 Å². The lowest BCUT2D eigenvalue weighted by Crippen LogP contribution is -2.29. The van der Waals surface area contributed by atoms with E-state index in [1.54, 1.807) is 6.07 Å². The molecule has 0 saturated heterocycles. The van der Waals surface area contributed by atoms with Crippen LogP contribution >= 0.6 is 0 Å². The predicted octanol–water partition coefficient (Wildman–Crippen LogP) is 4.09. The van der Waals surface area contributed by atoms with E-state index in [1.165, 1.54) is 5.57 Å². The summed E-state index contributed by atoms with van der Waals surface area (Å²) in [6.45, 7) is 4.16. The number of para-hydroxylation sites is 1.